The van der Waals surface area contributed by atoms with Crippen LogP contribution >= 0.6 is 22.9 Å². The van der Waals surface area contributed by atoms with Crippen molar-refractivity contribution in [1.82, 2.24) is 14.2 Å². The number of nitrogen functional groups attached to an aromatic ring is 1. The third-order valence-electron chi connectivity index (χ3n) is 2.27. The molecule has 2 N–H and O–H groups in total. The van der Waals surface area contributed by atoms with E-state index in [4.69, 9.17) is 5.73 Å². The summed E-state index contributed by atoms with van der Waals surface area (Å²) in [5.41, 5.74) is 7.32. The zero-order chi connectivity index (χ0) is 11.0. The standard InChI is InChI=1S/C8H10N4OS2/c1-4-5(2)14-8(13)12(4)3-6-7(9)15-11-10-6/h3,9H2,1-2H3. The zero-order valence-electron chi connectivity index (χ0n) is 8.35. The maximum absolute atomic E-state index is 11.6. The second-order valence-corrected chi connectivity index (χ2v) is 5.13. The second kappa shape index (κ2) is 3.74. The molecule has 2 aromatic rings. The molecular weight excluding hydrogens is 232 g/mol. The Morgan fingerprint density at radius 3 is 2.67 bits per heavy atom. The summed E-state index contributed by atoms with van der Waals surface area (Å²) in [6.07, 6.45) is 0. The van der Waals surface area contributed by atoms with Crippen molar-refractivity contribution in [3.8, 4) is 0 Å². The summed E-state index contributed by atoms with van der Waals surface area (Å²) in [5, 5.41) is 4.47. The molecule has 0 spiro atoms. The van der Waals surface area contributed by atoms with Gasteiger partial charge in [0.25, 0.3) is 0 Å². The Morgan fingerprint density at radius 1 is 1.47 bits per heavy atom. The molecule has 2 aromatic heterocycles. The lowest BCUT2D eigenvalue weighted by Gasteiger charge is -2.01. The molecule has 7 heteroatoms. The molecule has 0 bridgehead atoms. The van der Waals surface area contributed by atoms with E-state index in [1.807, 2.05) is 13.8 Å². The normalized spacial score (nSPS) is 10.8. The van der Waals surface area contributed by atoms with Crippen molar-refractivity contribution in [2.45, 2.75) is 20.4 Å². The van der Waals surface area contributed by atoms with Gasteiger partial charge in [-0.3, -0.25) is 9.36 Å². The quantitative estimate of drug-likeness (QED) is 0.853. The van der Waals surface area contributed by atoms with Crippen LogP contribution in [0.3, 0.4) is 0 Å². The summed E-state index contributed by atoms with van der Waals surface area (Å²) in [4.78, 5) is 12.6. The van der Waals surface area contributed by atoms with Gasteiger partial charge in [-0.25, -0.2) is 0 Å². The number of hydrogen-bond acceptors (Lipinski definition) is 6. The van der Waals surface area contributed by atoms with Gasteiger partial charge in [0.1, 0.15) is 10.7 Å². The highest BCUT2D eigenvalue weighted by Crippen LogP contribution is 2.16. The fourth-order valence-corrected chi connectivity index (χ4v) is 2.51. The number of aromatic nitrogens is 3. The SMILES string of the molecule is Cc1sc(=O)n(Cc2nnsc2N)c1C. The maximum atomic E-state index is 11.6. The van der Waals surface area contributed by atoms with Crippen LogP contribution in [0.25, 0.3) is 0 Å². The summed E-state index contributed by atoms with van der Waals surface area (Å²) in [5.74, 6) is 0. The number of nitrogens with two attached hydrogens (primary N) is 1. The lowest BCUT2D eigenvalue weighted by Crippen LogP contribution is -2.16. The minimum atomic E-state index is 0.0254. The van der Waals surface area contributed by atoms with Gasteiger partial charge in [-0.05, 0) is 13.8 Å². The van der Waals surface area contributed by atoms with Gasteiger partial charge in [0, 0.05) is 22.1 Å². The van der Waals surface area contributed by atoms with Crippen LogP contribution in [0.1, 0.15) is 16.3 Å². The third-order valence-corrected chi connectivity index (χ3v) is 3.86. The zero-order valence-corrected chi connectivity index (χ0v) is 9.98. The number of thiazole rings is 1. The molecule has 2 rings (SSSR count). The maximum Gasteiger partial charge on any atom is 0.307 e. The minimum absolute atomic E-state index is 0.0254. The smallest absolute Gasteiger partial charge is 0.307 e. The predicted octanol–water partition coefficient (Wildman–Crippen LogP) is 1.01. The van der Waals surface area contributed by atoms with E-state index < -0.39 is 0 Å². The van der Waals surface area contributed by atoms with Crippen LogP contribution in [0.4, 0.5) is 5.00 Å². The van der Waals surface area contributed by atoms with Crippen molar-refractivity contribution in [3.63, 3.8) is 0 Å². The molecule has 0 fully saturated rings. The lowest BCUT2D eigenvalue weighted by atomic mass is 10.4. The Hall–Kier alpha value is -1.21. The number of rotatable bonds is 2. The van der Waals surface area contributed by atoms with Crippen molar-refractivity contribution in [2.24, 2.45) is 0 Å². The molecule has 0 aliphatic heterocycles. The molecule has 0 aliphatic rings. The third kappa shape index (κ3) is 1.80. The van der Waals surface area contributed by atoms with Gasteiger partial charge in [0.15, 0.2) is 0 Å². The molecule has 0 radical (unpaired) electrons. The molecule has 0 saturated heterocycles. The number of nitrogens with zero attached hydrogens (tertiary/aromatic N) is 3. The average Bonchev–Trinajstić information content (AvgIpc) is 2.67. The summed E-state index contributed by atoms with van der Waals surface area (Å²) >= 11 is 2.39. The Kier molecular flexibility index (Phi) is 2.57. The summed E-state index contributed by atoms with van der Waals surface area (Å²) in [7, 11) is 0. The number of anilines is 1. The Labute approximate surface area is 94.3 Å². The van der Waals surface area contributed by atoms with Crippen molar-refractivity contribution in [3.05, 3.63) is 25.9 Å². The summed E-state index contributed by atoms with van der Waals surface area (Å²) < 4.78 is 5.41. The van der Waals surface area contributed by atoms with Crippen molar-refractivity contribution >= 4 is 27.9 Å². The van der Waals surface area contributed by atoms with E-state index >= 15 is 0 Å². The van der Waals surface area contributed by atoms with E-state index in [1.54, 1.807) is 4.57 Å². The van der Waals surface area contributed by atoms with Crippen LogP contribution in [0.2, 0.25) is 0 Å². The Balaban J connectivity index is 2.40. The van der Waals surface area contributed by atoms with Crippen LogP contribution in [0, 0.1) is 13.8 Å². The number of hydrogen-bond donors (Lipinski definition) is 1. The molecule has 15 heavy (non-hydrogen) atoms. The van der Waals surface area contributed by atoms with Gasteiger partial charge in [0.2, 0.25) is 0 Å². The molecule has 0 amide bonds. The topological polar surface area (TPSA) is 73.8 Å². The summed E-state index contributed by atoms with van der Waals surface area (Å²) in [6, 6.07) is 0. The average molecular weight is 242 g/mol. The monoisotopic (exact) mass is 242 g/mol. The summed E-state index contributed by atoms with van der Waals surface area (Å²) in [6.45, 7) is 4.26. The fourth-order valence-electron chi connectivity index (χ4n) is 1.24. The fraction of sp³-hybridized carbons (Fsp3) is 0.375. The van der Waals surface area contributed by atoms with Gasteiger partial charge in [-0.15, -0.1) is 5.10 Å². The highest BCUT2D eigenvalue weighted by molar-refractivity contribution is 7.10. The molecular formula is C8H10N4OS2. The molecule has 0 aliphatic carbocycles. The van der Waals surface area contributed by atoms with Crippen LogP contribution in [0.15, 0.2) is 4.79 Å². The first-order valence-electron chi connectivity index (χ1n) is 4.33. The molecule has 80 valence electrons. The minimum Gasteiger partial charge on any atom is -0.388 e. The van der Waals surface area contributed by atoms with Crippen LogP contribution < -0.4 is 10.6 Å². The predicted molar refractivity (Wildman–Crippen MR) is 61.5 cm³/mol. The molecule has 0 unspecified atom stereocenters. The van der Waals surface area contributed by atoms with E-state index in [1.165, 1.54) is 11.3 Å². The van der Waals surface area contributed by atoms with Crippen LogP contribution in [0.5, 0.6) is 0 Å². The van der Waals surface area contributed by atoms with Crippen molar-refractivity contribution < 1.29 is 0 Å². The van der Waals surface area contributed by atoms with Gasteiger partial charge in [0.05, 0.1) is 6.54 Å². The highest BCUT2D eigenvalue weighted by atomic mass is 32.1. The first-order chi connectivity index (χ1) is 7.09. The van der Waals surface area contributed by atoms with Gasteiger partial charge >= 0.3 is 4.87 Å². The van der Waals surface area contributed by atoms with E-state index in [9.17, 15) is 4.79 Å². The lowest BCUT2D eigenvalue weighted by molar-refractivity contribution is 0.730. The van der Waals surface area contributed by atoms with Crippen molar-refractivity contribution in [2.75, 3.05) is 5.73 Å². The molecule has 0 aromatic carbocycles. The molecule has 5 nitrogen and oxygen atoms in total. The van der Waals surface area contributed by atoms with Crippen molar-refractivity contribution in [1.29, 1.82) is 0 Å². The van der Waals surface area contributed by atoms with Gasteiger partial charge in [-0.2, -0.15) is 0 Å². The van der Waals surface area contributed by atoms with Gasteiger partial charge in [-0.1, -0.05) is 15.8 Å². The van der Waals surface area contributed by atoms with E-state index in [2.05, 4.69) is 9.59 Å². The highest BCUT2D eigenvalue weighted by Gasteiger charge is 2.11. The molecule has 0 saturated carbocycles. The first-order valence-corrected chi connectivity index (χ1v) is 5.92. The molecule has 0 atom stereocenters. The number of aryl methyl sites for hydroxylation is 1. The van der Waals surface area contributed by atoms with E-state index in [0.29, 0.717) is 17.2 Å². The Bertz CT molecular complexity index is 539. The van der Waals surface area contributed by atoms with Gasteiger partial charge < -0.3 is 5.73 Å². The largest absolute Gasteiger partial charge is 0.388 e. The first kappa shape index (κ1) is 10.3. The van der Waals surface area contributed by atoms with E-state index in [-0.39, 0.29) is 4.87 Å². The van der Waals surface area contributed by atoms with E-state index in [0.717, 1.165) is 22.1 Å². The molecule has 2 heterocycles. The second-order valence-electron chi connectivity index (χ2n) is 3.18. The van der Waals surface area contributed by atoms with Crippen LogP contribution in [-0.4, -0.2) is 14.2 Å². The Morgan fingerprint density at radius 2 is 2.20 bits per heavy atom. The van der Waals surface area contributed by atoms with Crippen LogP contribution in [-0.2, 0) is 6.54 Å².